The monoisotopic (exact) mass is 416 g/mol. The quantitative estimate of drug-likeness (QED) is 0.568. The van der Waals surface area contributed by atoms with E-state index in [0.717, 1.165) is 50.6 Å². The Labute approximate surface area is 174 Å². The van der Waals surface area contributed by atoms with Crippen LogP contribution < -0.4 is 10.1 Å². The van der Waals surface area contributed by atoms with Crippen LogP contribution in [-0.2, 0) is 0 Å². The molecule has 0 aliphatic carbocycles. The normalized spacial score (nSPS) is 16.8. The lowest BCUT2D eigenvalue weighted by molar-refractivity contribution is 0.102. The number of nitrogens with zero attached hydrogens (tertiary/aromatic N) is 1. The van der Waals surface area contributed by atoms with Crippen molar-refractivity contribution < 1.29 is 9.84 Å². The first-order valence-electron chi connectivity index (χ1n) is 9.61. The van der Waals surface area contributed by atoms with Gasteiger partial charge in [0.05, 0.1) is 22.9 Å². The molecule has 0 radical (unpaired) electrons. The minimum atomic E-state index is -0.463. The smallest absolute Gasteiger partial charge is 0.130 e. The lowest BCUT2D eigenvalue weighted by Crippen LogP contribution is -2.54. The number of hydrogen-bond donors (Lipinski definition) is 2. The zero-order valence-electron chi connectivity index (χ0n) is 16.4. The fraction of sp³-hybridized carbons (Fsp3) is 0.409. The van der Waals surface area contributed by atoms with Crippen LogP contribution in [0.2, 0.25) is 5.02 Å². The topological polar surface area (TPSA) is 54.4 Å². The predicted octanol–water partition coefficient (Wildman–Crippen LogP) is 5.36. The van der Waals surface area contributed by atoms with E-state index in [2.05, 4.69) is 17.2 Å². The van der Waals surface area contributed by atoms with E-state index in [-0.39, 0.29) is 5.41 Å². The van der Waals surface area contributed by atoms with Gasteiger partial charge in [-0.05, 0) is 43.2 Å². The van der Waals surface area contributed by atoms with Crippen LogP contribution in [0, 0.1) is 12.3 Å². The van der Waals surface area contributed by atoms with Gasteiger partial charge in [-0.2, -0.15) is 0 Å². The van der Waals surface area contributed by atoms with Gasteiger partial charge in [-0.1, -0.05) is 25.4 Å². The zero-order chi connectivity index (χ0) is 19.9. The molecule has 1 aliphatic heterocycles. The fourth-order valence-electron chi connectivity index (χ4n) is 3.56. The van der Waals surface area contributed by atoms with E-state index in [4.69, 9.17) is 16.3 Å². The summed E-state index contributed by atoms with van der Waals surface area (Å²) in [5, 5.41) is 14.3. The average molecular weight is 417 g/mol. The maximum Gasteiger partial charge on any atom is 0.130 e. The molecule has 1 fully saturated rings. The van der Waals surface area contributed by atoms with Gasteiger partial charge in [0.15, 0.2) is 0 Å². The third-order valence-electron chi connectivity index (χ3n) is 5.34. The maximum absolute atomic E-state index is 10.3. The van der Waals surface area contributed by atoms with Crippen molar-refractivity contribution in [2.45, 2.75) is 33.3 Å². The molecule has 1 aliphatic rings. The van der Waals surface area contributed by atoms with Crippen molar-refractivity contribution in [2.24, 2.45) is 5.41 Å². The number of nitrogens with one attached hydrogen (secondary N) is 1. The van der Waals surface area contributed by atoms with E-state index in [0.29, 0.717) is 18.1 Å². The molecule has 0 amide bonds. The van der Waals surface area contributed by atoms with E-state index in [1.54, 1.807) is 11.3 Å². The number of pyridine rings is 1. The van der Waals surface area contributed by atoms with Crippen LogP contribution in [0.3, 0.4) is 0 Å². The molecule has 3 aromatic rings. The molecule has 0 saturated carbocycles. The predicted molar refractivity (Wildman–Crippen MR) is 117 cm³/mol. The standard InChI is InChI=1S/C22H25ClN2O2S/c1-4-18(26)19-9-17-21(28-19)15(5-6-25-17)16-8-14(23)7-13(2)20(16)27-12-22(3)10-24-11-22/h5-9,18,24,26H,4,10-12H2,1-3H3. The first kappa shape index (κ1) is 19.6. The van der Waals surface area contributed by atoms with Gasteiger partial charge in [0.2, 0.25) is 0 Å². The summed E-state index contributed by atoms with van der Waals surface area (Å²) in [7, 11) is 0. The van der Waals surface area contributed by atoms with E-state index < -0.39 is 6.10 Å². The Kier molecular flexibility index (Phi) is 5.36. The van der Waals surface area contributed by atoms with Gasteiger partial charge in [0.1, 0.15) is 5.75 Å². The Bertz CT molecular complexity index is 1010. The van der Waals surface area contributed by atoms with Crippen molar-refractivity contribution in [2.75, 3.05) is 19.7 Å². The fourth-order valence-corrected chi connectivity index (χ4v) is 5.04. The van der Waals surface area contributed by atoms with Crippen molar-refractivity contribution in [3.8, 4) is 16.9 Å². The highest BCUT2D eigenvalue weighted by molar-refractivity contribution is 7.19. The number of rotatable bonds is 6. The van der Waals surface area contributed by atoms with E-state index >= 15 is 0 Å². The summed E-state index contributed by atoms with van der Waals surface area (Å²) in [6.07, 6.45) is 2.03. The third-order valence-corrected chi connectivity index (χ3v) is 6.82. The van der Waals surface area contributed by atoms with Crippen LogP contribution in [0.1, 0.15) is 36.8 Å². The summed E-state index contributed by atoms with van der Waals surface area (Å²) < 4.78 is 7.39. The summed E-state index contributed by atoms with van der Waals surface area (Å²) in [5.41, 5.74) is 4.10. The molecular formula is C22H25ClN2O2S. The largest absolute Gasteiger partial charge is 0.492 e. The van der Waals surface area contributed by atoms with Crippen LogP contribution in [-0.4, -0.2) is 29.8 Å². The number of aliphatic hydroxyl groups is 1. The van der Waals surface area contributed by atoms with Crippen molar-refractivity contribution in [3.05, 3.63) is 45.9 Å². The van der Waals surface area contributed by atoms with Gasteiger partial charge in [0, 0.05) is 45.7 Å². The minimum absolute atomic E-state index is 0.165. The first-order chi connectivity index (χ1) is 13.4. The SMILES string of the molecule is CCC(O)c1cc2nccc(-c3cc(Cl)cc(C)c3OCC3(C)CNC3)c2s1. The number of thiophene rings is 1. The van der Waals surface area contributed by atoms with E-state index in [9.17, 15) is 5.11 Å². The first-order valence-corrected chi connectivity index (χ1v) is 10.8. The molecule has 2 aromatic heterocycles. The number of fused-ring (bicyclic) bond motifs is 1. The molecule has 1 atom stereocenters. The second-order valence-corrected chi connectivity index (χ2v) is 9.47. The van der Waals surface area contributed by atoms with E-state index in [1.807, 2.05) is 44.3 Å². The van der Waals surface area contributed by atoms with Crippen LogP contribution in [0.25, 0.3) is 21.3 Å². The molecule has 3 heterocycles. The number of ether oxygens (including phenoxy) is 1. The second-order valence-electron chi connectivity index (χ2n) is 7.95. The highest BCUT2D eigenvalue weighted by atomic mass is 35.5. The van der Waals surface area contributed by atoms with Gasteiger partial charge < -0.3 is 15.2 Å². The molecule has 28 heavy (non-hydrogen) atoms. The van der Waals surface area contributed by atoms with Gasteiger partial charge in [0.25, 0.3) is 0 Å². The van der Waals surface area contributed by atoms with Gasteiger partial charge >= 0.3 is 0 Å². The van der Waals surface area contributed by atoms with Gasteiger partial charge in [-0.15, -0.1) is 11.3 Å². The molecule has 4 rings (SSSR count). The molecule has 0 bridgehead atoms. The summed E-state index contributed by atoms with van der Waals surface area (Å²) in [4.78, 5) is 5.44. The van der Waals surface area contributed by atoms with Crippen molar-refractivity contribution >= 4 is 33.2 Å². The number of benzene rings is 1. The number of hydrogen-bond acceptors (Lipinski definition) is 5. The Balaban J connectivity index is 1.80. The maximum atomic E-state index is 10.3. The Morgan fingerprint density at radius 1 is 1.32 bits per heavy atom. The summed E-state index contributed by atoms with van der Waals surface area (Å²) in [6.45, 7) is 8.84. The van der Waals surface area contributed by atoms with Crippen molar-refractivity contribution in [1.82, 2.24) is 10.3 Å². The van der Waals surface area contributed by atoms with E-state index in [1.165, 1.54) is 0 Å². The Morgan fingerprint density at radius 3 is 2.79 bits per heavy atom. The molecule has 1 aromatic carbocycles. The summed E-state index contributed by atoms with van der Waals surface area (Å²) >= 11 is 8.00. The number of aliphatic hydroxyl groups excluding tert-OH is 1. The van der Waals surface area contributed by atoms with Crippen molar-refractivity contribution in [3.63, 3.8) is 0 Å². The third kappa shape index (κ3) is 3.64. The molecule has 0 spiro atoms. The molecule has 148 valence electrons. The number of halogens is 1. The van der Waals surface area contributed by atoms with Crippen molar-refractivity contribution in [1.29, 1.82) is 0 Å². The molecule has 1 saturated heterocycles. The molecule has 6 heteroatoms. The molecular weight excluding hydrogens is 392 g/mol. The number of aromatic nitrogens is 1. The lowest BCUT2D eigenvalue weighted by atomic mass is 9.85. The van der Waals surface area contributed by atoms with Crippen LogP contribution in [0.4, 0.5) is 0 Å². The van der Waals surface area contributed by atoms with Gasteiger partial charge in [-0.3, -0.25) is 4.98 Å². The van der Waals surface area contributed by atoms with Gasteiger partial charge in [-0.25, -0.2) is 0 Å². The molecule has 4 nitrogen and oxygen atoms in total. The van der Waals surface area contributed by atoms with Crippen LogP contribution in [0.15, 0.2) is 30.5 Å². The lowest BCUT2D eigenvalue weighted by Gasteiger charge is -2.39. The summed E-state index contributed by atoms with van der Waals surface area (Å²) in [6, 6.07) is 7.90. The zero-order valence-corrected chi connectivity index (χ0v) is 18.0. The second kappa shape index (κ2) is 7.64. The highest BCUT2D eigenvalue weighted by Gasteiger charge is 2.33. The highest BCUT2D eigenvalue weighted by Crippen LogP contribution is 2.43. The summed E-state index contributed by atoms with van der Waals surface area (Å²) in [5.74, 6) is 0.871. The average Bonchev–Trinajstić information content (AvgIpc) is 3.09. The van der Waals surface area contributed by atoms with Crippen LogP contribution >= 0.6 is 22.9 Å². The minimum Gasteiger partial charge on any atom is -0.492 e. The Hall–Kier alpha value is -1.66. The Morgan fingerprint density at radius 2 is 2.11 bits per heavy atom. The van der Waals surface area contributed by atoms with Crippen LogP contribution in [0.5, 0.6) is 5.75 Å². The molecule has 1 unspecified atom stereocenters. The molecule has 2 N–H and O–H groups in total. The number of aryl methyl sites for hydroxylation is 1.